The van der Waals surface area contributed by atoms with Gasteiger partial charge in [0.1, 0.15) is 17.3 Å². The molecule has 0 saturated carbocycles. The molecule has 0 aliphatic rings. The predicted octanol–water partition coefficient (Wildman–Crippen LogP) is 2.73. The first-order valence-corrected chi connectivity index (χ1v) is 8.46. The van der Waals surface area contributed by atoms with Crippen molar-refractivity contribution >= 4 is 70.7 Å². The van der Waals surface area contributed by atoms with Crippen LogP contribution >= 0.6 is 23.2 Å². The number of nitrogens with one attached hydrogen (secondary N) is 1. The number of hydrogen-bond acceptors (Lipinski definition) is 5. The molecule has 11 heteroatoms. The maximum absolute atomic E-state index is 11.4. The monoisotopic (exact) mass is 428 g/mol. The molecule has 0 heterocycles. The van der Waals surface area contributed by atoms with Gasteiger partial charge in [-0.05, 0) is 18.6 Å². The number of amides is 1. The molecule has 0 unspecified atom stereocenters. The Hall–Kier alpha value is -1.32. The van der Waals surface area contributed by atoms with Crippen molar-refractivity contribution in [3.8, 4) is 5.75 Å². The van der Waals surface area contributed by atoms with Gasteiger partial charge in [0.15, 0.2) is 0 Å². The Morgan fingerprint density at radius 3 is 2.56 bits per heavy atom. The van der Waals surface area contributed by atoms with E-state index in [0.717, 1.165) is 0 Å². The van der Waals surface area contributed by atoms with E-state index in [1.54, 1.807) is 13.0 Å². The van der Waals surface area contributed by atoms with Crippen molar-refractivity contribution in [1.29, 1.82) is 0 Å². The normalized spacial score (nSPS) is 10.7. The van der Waals surface area contributed by atoms with Crippen LogP contribution in [0, 0.1) is 10.1 Å². The number of aliphatic carboxylic acids is 1. The van der Waals surface area contributed by atoms with Gasteiger partial charge in [0.2, 0.25) is 11.6 Å². The number of carboxylic acid groups (broad SMARTS) is 1. The van der Waals surface area contributed by atoms with E-state index in [1.165, 1.54) is 12.1 Å². The van der Waals surface area contributed by atoms with Crippen LogP contribution in [0.1, 0.15) is 31.7 Å². The zero-order chi connectivity index (χ0) is 19.7. The first-order chi connectivity index (χ1) is 12.3. The summed E-state index contributed by atoms with van der Waals surface area (Å²) in [5, 5.41) is 21.8. The van der Waals surface area contributed by atoms with Crippen LogP contribution in [0.2, 0.25) is 10.0 Å². The molecule has 0 atom stereocenters. The predicted molar refractivity (Wildman–Crippen MR) is 104 cm³/mol. The maximum atomic E-state index is 11.4. The second-order valence-corrected chi connectivity index (χ2v) is 5.91. The number of nitro groups is 1. The zero-order valence-electron chi connectivity index (χ0n) is 14.0. The fourth-order valence-corrected chi connectivity index (χ4v) is 2.35. The Labute approximate surface area is 188 Å². The Kier molecular flexibility index (Phi) is 12.3. The summed E-state index contributed by atoms with van der Waals surface area (Å²) in [7, 11) is 0. The second-order valence-electron chi connectivity index (χ2n) is 5.15. The van der Waals surface area contributed by atoms with Gasteiger partial charge >= 0.3 is 35.5 Å². The van der Waals surface area contributed by atoms with E-state index in [0.29, 0.717) is 17.7 Å². The van der Waals surface area contributed by atoms with Crippen molar-refractivity contribution < 1.29 is 24.4 Å². The van der Waals surface area contributed by atoms with Crippen LogP contribution < -0.4 is 10.1 Å². The summed E-state index contributed by atoms with van der Waals surface area (Å²) in [6.45, 7) is 1.40. The molecular weight excluding hydrogens is 410 g/mol. The average Bonchev–Trinajstić information content (AvgIpc) is 2.59. The van der Waals surface area contributed by atoms with Gasteiger partial charge in [-0.1, -0.05) is 30.1 Å². The zero-order valence-corrected chi connectivity index (χ0v) is 15.5. The topological polar surface area (TPSA) is 119 Å². The molecule has 27 heavy (non-hydrogen) atoms. The second kappa shape index (κ2) is 13.0. The molecule has 144 valence electrons. The van der Waals surface area contributed by atoms with Gasteiger partial charge in [-0.3, -0.25) is 19.7 Å². The molecular formula is C16H19Cl2N2NaO6. The summed E-state index contributed by atoms with van der Waals surface area (Å²) >= 11 is 12.3. The number of hydrogen-bond donors (Lipinski definition) is 2. The molecule has 1 aromatic carbocycles. The first-order valence-electron chi connectivity index (χ1n) is 7.70. The van der Waals surface area contributed by atoms with Crippen LogP contribution in [0.15, 0.2) is 17.8 Å². The Balaban J connectivity index is 0.00000676. The number of rotatable bonds is 10. The molecule has 0 spiro atoms. The average molecular weight is 429 g/mol. The minimum absolute atomic E-state index is 0. The standard InChI is InChI=1S/C16H18Cl2N2O6.Na.H/c1-2-11(20(24)25)8-10-5-6-12(16(18)15(10)17)26-7-3-4-13(21)19-9-14(22)23;;/h5-6,8H,2-4,7,9H2,1H3,(H,19,21)(H,22,23);;. The number of nitrogens with zero attached hydrogens (tertiary/aromatic N) is 1. The number of carboxylic acids is 1. The fourth-order valence-electron chi connectivity index (χ4n) is 1.91. The van der Waals surface area contributed by atoms with Crippen molar-refractivity contribution in [1.82, 2.24) is 5.32 Å². The Morgan fingerprint density at radius 1 is 1.33 bits per heavy atom. The summed E-state index contributed by atoms with van der Waals surface area (Å²) in [6.07, 6.45) is 2.04. The molecule has 8 nitrogen and oxygen atoms in total. The summed E-state index contributed by atoms with van der Waals surface area (Å²) < 4.78 is 5.46. The van der Waals surface area contributed by atoms with E-state index < -0.39 is 23.3 Å². The molecule has 1 amide bonds. The third kappa shape index (κ3) is 8.94. The molecule has 0 aromatic heterocycles. The van der Waals surface area contributed by atoms with E-state index in [1.807, 2.05) is 0 Å². The summed E-state index contributed by atoms with van der Waals surface area (Å²) in [6, 6.07) is 3.10. The molecule has 0 aliphatic heterocycles. The summed E-state index contributed by atoms with van der Waals surface area (Å²) in [5.74, 6) is -1.22. The summed E-state index contributed by atoms with van der Waals surface area (Å²) in [5.41, 5.74) is 0.412. The summed E-state index contributed by atoms with van der Waals surface area (Å²) in [4.78, 5) is 32.1. The number of halogens is 2. The van der Waals surface area contributed by atoms with Crippen molar-refractivity contribution in [2.45, 2.75) is 26.2 Å². The molecule has 0 fully saturated rings. The van der Waals surface area contributed by atoms with Crippen LogP contribution in [0.3, 0.4) is 0 Å². The molecule has 2 N–H and O–H groups in total. The fraction of sp³-hybridized carbons (Fsp3) is 0.375. The molecule has 1 rings (SSSR count). The van der Waals surface area contributed by atoms with Crippen LogP contribution in [-0.2, 0) is 9.59 Å². The van der Waals surface area contributed by atoms with E-state index >= 15 is 0 Å². The van der Waals surface area contributed by atoms with Crippen LogP contribution in [0.5, 0.6) is 5.75 Å². The Bertz CT molecular complexity index is 727. The number of carbonyl (C=O) groups is 2. The van der Waals surface area contributed by atoms with Gasteiger partial charge < -0.3 is 15.2 Å². The Morgan fingerprint density at radius 2 is 2.00 bits per heavy atom. The quantitative estimate of drug-likeness (QED) is 0.256. The molecule has 0 saturated heterocycles. The van der Waals surface area contributed by atoms with Gasteiger partial charge in [-0.2, -0.15) is 0 Å². The molecule has 0 bridgehead atoms. The van der Waals surface area contributed by atoms with Gasteiger partial charge in [-0.15, -0.1) is 0 Å². The van der Waals surface area contributed by atoms with E-state index in [9.17, 15) is 19.7 Å². The van der Waals surface area contributed by atoms with Crippen molar-refractivity contribution in [2.24, 2.45) is 0 Å². The molecule has 0 aliphatic carbocycles. The van der Waals surface area contributed by atoms with E-state index in [-0.39, 0.29) is 64.7 Å². The number of benzene rings is 1. The number of ether oxygens (including phenoxy) is 1. The van der Waals surface area contributed by atoms with Crippen molar-refractivity contribution in [3.05, 3.63) is 43.6 Å². The SMILES string of the molecule is CCC(=Cc1ccc(OCCCC(=O)NCC(=O)O)c(Cl)c1Cl)[N+](=O)[O-].[NaH]. The van der Waals surface area contributed by atoms with Crippen LogP contribution in [0.4, 0.5) is 0 Å². The third-order valence-electron chi connectivity index (χ3n) is 3.24. The number of allylic oxidation sites excluding steroid dienone is 1. The van der Waals surface area contributed by atoms with Gasteiger partial charge in [0, 0.05) is 24.5 Å². The van der Waals surface area contributed by atoms with Crippen LogP contribution in [0.25, 0.3) is 6.08 Å². The van der Waals surface area contributed by atoms with Gasteiger partial charge in [0.05, 0.1) is 16.6 Å². The van der Waals surface area contributed by atoms with Gasteiger partial charge in [0.25, 0.3) is 0 Å². The number of carbonyl (C=O) groups excluding carboxylic acids is 1. The minimum atomic E-state index is -1.12. The van der Waals surface area contributed by atoms with Gasteiger partial charge in [-0.25, -0.2) is 0 Å². The molecule has 0 radical (unpaired) electrons. The van der Waals surface area contributed by atoms with Crippen molar-refractivity contribution in [3.63, 3.8) is 0 Å². The van der Waals surface area contributed by atoms with E-state index in [4.69, 9.17) is 33.0 Å². The first kappa shape index (κ1) is 25.7. The van der Waals surface area contributed by atoms with Crippen molar-refractivity contribution in [2.75, 3.05) is 13.2 Å². The van der Waals surface area contributed by atoms with Crippen LogP contribution in [-0.4, -0.2) is 64.6 Å². The van der Waals surface area contributed by atoms with E-state index in [2.05, 4.69) is 5.32 Å². The third-order valence-corrected chi connectivity index (χ3v) is 4.12. The molecule has 1 aromatic rings.